The van der Waals surface area contributed by atoms with Gasteiger partial charge in [0.05, 0.1) is 0 Å². The maximum Gasteiger partial charge on any atom is -0.0389 e. The van der Waals surface area contributed by atoms with Crippen LogP contribution in [0.15, 0.2) is 0 Å². The first-order chi connectivity index (χ1) is 4.26. The summed E-state index contributed by atoms with van der Waals surface area (Å²) in [4.78, 5) is 0. The van der Waals surface area contributed by atoms with Gasteiger partial charge in [-0.1, -0.05) is 40.0 Å². The van der Waals surface area contributed by atoms with Gasteiger partial charge in [0.2, 0.25) is 0 Å². The van der Waals surface area contributed by atoms with Crippen molar-refractivity contribution in [2.45, 2.75) is 40.0 Å². The molecular weight excluding hydrogens is 108 g/mol. The van der Waals surface area contributed by atoms with E-state index in [9.17, 15) is 0 Å². The molecule has 1 radical (unpaired) electrons. The van der Waals surface area contributed by atoms with Gasteiger partial charge in [-0.3, -0.25) is 0 Å². The molecule has 1 atom stereocenters. The number of hydrogen-bond donors (Lipinski definition) is 0. The monoisotopic (exact) mass is 127 g/mol. The van der Waals surface area contributed by atoms with Crippen LogP contribution >= 0.6 is 0 Å². The molecule has 0 heteroatoms. The van der Waals surface area contributed by atoms with Crippen LogP contribution in [0.25, 0.3) is 0 Å². The molecule has 0 aromatic carbocycles. The zero-order valence-electron chi connectivity index (χ0n) is 6.98. The Morgan fingerprint density at radius 2 is 1.44 bits per heavy atom. The highest BCUT2D eigenvalue weighted by atomic mass is 14.2. The quantitative estimate of drug-likeness (QED) is 0.543. The average molecular weight is 127 g/mol. The van der Waals surface area contributed by atoms with Crippen LogP contribution in [0.2, 0.25) is 0 Å². The van der Waals surface area contributed by atoms with E-state index in [2.05, 4.69) is 27.7 Å². The molecule has 0 N–H and O–H groups in total. The van der Waals surface area contributed by atoms with E-state index in [4.69, 9.17) is 0 Å². The van der Waals surface area contributed by atoms with Crippen molar-refractivity contribution in [1.29, 1.82) is 0 Å². The van der Waals surface area contributed by atoms with E-state index < -0.39 is 0 Å². The first-order valence-corrected chi connectivity index (χ1v) is 4.09. The Balaban J connectivity index is 3.50. The molecule has 0 saturated heterocycles. The smallest absolute Gasteiger partial charge is 0.0389 e. The van der Waals surface area contributed by atoms with E-state index in [0.717, 1.165) is 5.92 Å². The lowest BCUT2D eigenvalue weighted by atomic mass is 9.88. The molecule has 9 heavy (non-hydrogen) atoms. The van der Waals surface area contributed by atoms with Crippen molar-refractivity contribution >= 4 is 0 Å². The molecular formula is C9H19. The summed E-state index contributed by atoms with van der Waals surface area (Å²) in [6.07, 6.45) is 3.81. The third kappa shape index (κ3) is 2.88. The predicted octanol–water partition coefficient (Wildman–Crippen LogP) is 3.28. The molecule has 0 nitrogen and oxygen atoms in total. The molecule has 0 aliphatic heterocycles. The van der Waals surface area contributed by atoms with Gasteiger partial charge in [-0.15, -0.1) is 0 Å². The molecule has 0 heterocycles. The SMILES string of the molecule is [CH2]C(CC)C(CC)CC. The minimum atomic E-state index is 0.681. The van der Waals surface area contributed by atoms with Crippen LogP contribution in [0.1, 0.15) is 40.0 Å². The summed E-state index contributed by atoms with van der Waals surface area (Å²) < 4.78 is 0. The van der Waals surface area contributed by atoms with Crippen LogP contribution in [0, 0.1) is 18.8 Å². The van der Waals surface area contributed by atoms with Crippen LogP contribution in [-0.2, 0) is 0 Å². The van der Waals surface area contributed by atoms with Crippen molar-refractivity contribution in [3.8, 4) is 0 Å². The first-order valence-electron chi connectivity index (χ1n) is 4.09. The van der Waals surface area contributed by atoms with E-state index in [0.29, 0.717) is 5.92 Å². The molecule has 0 aliphatic rings. The lowest BCUT2D eigenvalue weighted by Gasteiger charge is -2.18. The van der Waals surface area contributed by atoms with E-state index >= 15 is 0 Å². The largest absolute Gasteiger partial charge is 0.0651 e. The molecule has 0 amide bonds. The summed E-state index contributed by atoms with van der Waals surface area (Å²) in [5, 5.41) is 0. The fourth-order valence-corrected chi connectivity index (χ4v) is 1.29. The molecule has 0 fully saturated rings. The molecule has 0 spiro atoms. The van der Waals surface area contributed by atoms with Crippen LogP contribution in [0.5, 0.6) is 0 Å². The fourth-order valence-electron chi connectivity index (χ4n) is 1.29. The maximum atomic E-state index is 4.10. The zero-order chi connectivity index (χ0) is 7.28. The van der Waals surface area contributed by atoms with Crippen molar-refractivity contribution < 1.29 is 0 Å². The van der Waals surface area contributed by atoms with Gasteiger partial charge in [0, 0.05) is 0 Å². The lowest BCUT2D eigenvalue weighted by Crippen LogP contribution is -2.08. The molecule has 1 unspecified atom stereocenters. The van der Waals surface area contributed by atoms with Crippen LogP contribution in [-0.4, -0.2) is 0 Å². The lowest BCUT2D eigenvalue weighted by molar-refractivity contribution is 0.359. The predicted molar refractivity (Wildman–Crippen MR) is 43.2 cm³/mol. The highest BCUT2D eigenvalue weighted by Crippen LogP contribution is 2.20. The normalized spacial score (nSPS) is 14.3. The van der Waals surface area contributed by atoms with Crippen molar-refractivity contribution in [3.05, 3.63) is 6.92 Å². The highest BCUT2D eigenvalue weighted by molar-refractivity contribution is 4.67. The Morgan fingerprint density at radius 1 is 1.00 bits per heavy atom. The van der Waals surface area contributed by atoms with Gasteiger partial charge in [-0.05, 0) is 18.8 Å². The van der Waals surface area contributed by atoms with Crippen LogP contribution in [0.3, 0.4) is 0 Å². The molecule has 0 bridgehead atoms. The molecule has 0 aliphatic carbocycles. The second-order valence-corrected chi connectivity index (χ2v) is 2.74. The van der Waals surface area contributed by atoms with Gasteiger partial charge >= 0.3 is 0 Å². The van der Waals surface area contributed by atoms with Gasteiger partial charge in [-0.25, -0.2) is 0 Å². The summed E-state index contributed by atoms with van der Waals surface area (Å²) in [5.74, 6) is 1.54. The highest BCUT2D eigenvalue weighted by Gasteiger charge is 2.09. The van der Waals surface area contributed by atoms with Crippen molar-refractivity contribution in [3.63, 3.8) is 0 Å². The standard InChI is InChI=1S/C9H19/c1-5-8(4)9(6-2)7-3/h8-9H,4-7H2,1-3H3. The van der Waals surface area contributed by atoms with Gasteiger partial charge < -0.3 is 0 Å². The third-order valence-electron chi connectivity index (χ3n) is 2.24. The van der Waals surface area contributed by atoms with Gasteiger partial charge in [0.25, 0.3) is 0 Å². The minimum Gasteiger partial charge on any atom is -0.0651 e. The number of rotatable bonds is 4. The van der Waals surface area contributed by atoms with Gasteiger partial charge in [0.1, 0.15) is 0 Å². The van der Waals surface area contributed by atoms with Crippen molar-refractivity contribution in [1.82, 2.24) is 0 Å². The second-order valence-electron chi connectivity index (χ2n) is 2.74. The maximum absolute atomic E-state index is 4.10. The topological polar surface area (TPSA) is 0 Å². The third-order valence-corrected chi connectivity index (χ3v) is 2.24. The fraction of sp³-hybridized carbons (Fsp3) is 0.889. The molecule has 55 valence electrons. The Hall–Kier alpha value is 0. The molecule has 0 aromatic heterocycles. The first kappa shape index (κ1) is 9.00. The summed E-state index contributed by atoms with van der Waals surface area (Å²) in [7, 11) is 0. The molecule has 0 saturated carbocycles. The van der Waals surface area contributed by atoms with E-state index in [1.165, 1.54) is 19.3 Å². The van der Waals surface area contributed by atoms with E-state index in [1.807, 2.05) is 0 Å². The summed E-state index contributed by atoms with van der Waals surface area (Å²) in [6, 6.07) is 0. The second kappa shape index (κ2) is 4.84. The molecule has 0 aromatic rings. The van der Waals surface area contributed by atoms with E-state index in [1.54, 1.807) is 0 Å². The zero-order valence-corrected chi connectivity index (χ0v) is 6.98. The van der Waals surface area contributed by atoms with Crippen molar-refractivity contribution in [2.24, 2.45) is 11.8 Å². The van der Waals surface area contributed by atoms with Crippen molar-refractivity contribution in [2.75, 3.05) is 0 Å². The van der Waals surface area contributed by atoms with Crippen LogP contribution < -0.4 is 0 Å². The molecule has 0 rings (SSSR count). The minimum absolute atomic E-state index is 0.681. The Bertz CT molecular complexity index is 53.1. The van der Waals surface area contributed by atoms with Gasteiger partial charge in [0.15, 0.2) is 0 Å². The Labute approximate surface area is 59.7 Å². The van der Waals surface area contributed by atoms with E-state index in [-0.39, 0.29) is 0 Å². The summed E-state index contributed by atoms with van der Waals surface area (Å²) in [5.41, 5.74) is 0. The summed E-state index contributed by atoms with van der Waals surface area (Å²) >= 11 is 0. The summed E-state index contributed by atoms with van der Waals surface area (Å²) in [6.45, 7) is 10.8. The number of hydrogen-bond acceptors (Lipinski definition) is 0. The Morgan fingerprint density at radius 3 is 1.56 bits per heavy atom. The van der Waals surface area contributed by atoms with Gasteiger partial charge in [-0.2, -0.15) is 0 Å². The Kier molecular flexibility index (Phi) is 4.84. The average Bonchev–Trinajstić information content (AvgIpc) is 1.90. The van der Waals surface area contributed by atoms with Crippen LogP contribution in [0.4, 0.5) is 0 Å².